The fourth-order valence-electron chi connectivity index (χ4n) is 2.53. The Morgan fingerprint density at radius 1 is 1.20 bits per heavy atom. The molecule has 1 aromatic rings. The first-order valence-corrected chi connectivity index (χ1v) is 8.22. The van der Waals surface area contributed by atoms with Crippen LogP contribution in [0.4, 0.5) is 0 Å². The lowest BCUT2D eigenvalue weighted by molar-refractivity contribution is 0.0688. The van der Waals surface area contributed by atoms with Crippen molar-refractivity contribution in [3.63, 3.8) is 0 Å². The summed E-state index contributed by atoms with van der Waals surface area (Å²) < 4.78 is 12.3. The van der Waals surface area contributed by atoms with Crippen LogP contribution in [-0.2, 0) is 4.74 Å². The van der Waals surface area contributed by atoms with E-state index < -0.39 is 0 Å². The van der Waals surface area contributed by atoms with Crippen LogP contribution < -0.4 is 4.74 Å². The van der Waals surface area contributed by atoms with E-state index in [4.69, 9.17) is 9.47 Å². The molecule has 1 saturated heterocycles. The maximum Gasteiger partial charge on any atom is 0.119 e. The molecule has 0 aromatic heterocycles. The second kappa shape index (κ2) is 8.65. The molecule has 1 fully saturated rings. The lowest BCUT2D eigenvalue weighted by Crippen LogP contribution is -2.36. The van der Waals surface area contributed by atoms with Gasteiger partial charge in [0.15, 0.2) is 0 Å². The van der Waals surface area contributed by atoms with Crippen molar-refractivity contribution in [1.29, 1.82) is 0 Å². The van der Waals surface area contributed by atoms with Crippen molar-refractivity contribution in [1.82, 2.24) is 4.90 Å². The monoisotopic (exact) mass is 341 g/mol. The van der Waals surface area contributed by atoms with Gasteiger partial charge in [0, 0.05) is 17.6 Å². The smallest absolute Gasteiger partial charge is 0.119 e. The maximum atomic E-state index is 5.64. The maximum absolute atomic E-state index is 5.64. The molecule has 20 heavy (non-hydrogen) atoms. The van der Waals surface area contributed by atoms with E-state index in [0.717, 1.165) is 29.3 Å². The Kier molecular flexibility index (Phi) is 6.83. The molecule has 112 valence electrons. The van der Waals surface area contributed by atoms with Crippen LogP contribution in [0.2, 0.25) is 0 Å². The molecule has 0 unspecified atom stereocenters. The average molecular weight is 342 g/mol. The van der Waals surface area contributed by atoms with E-state index in [1.807, 2.05) is 24.3 Å². The van der Waals surface area contributed by atoms with E-state index in [2.05, 4.69) is 27.8 Å². The van der Waals surface area contributed by atoms with Gasteiger partial charge in [-0.15, -0.1) is 0 Å². The minimum atomic E-state index is 0.609. The van der Waals surface area contributed by atoms with Crippen molar-refractivity contribution >= 4 is 15.9 Å². The number of benzene rings is 1. The fraction of sp³-hybridized carbons (Fsp3) is 0.625. The normalized spacial score (nSPS) is 20.0. The van der Waals surface area contributed by atoms with E-state index in [9.17, 15) is 0 Å². The van der Waals surface area contributed by atoms with Gasteiger partial charge in [0.1, 0.15) is 12.4 Å². The fourth-order valence-corrected chi connectivity index (χ4v) is 2.80. The predicted molar refractivity (Wildman–Crippen MR) is 85.3 cm³/mol. The Labute approximate surface area is 130 Å². The van der Waals surface area contributed by atoms with Crippen molar-refractivity contribution in [3.05, 3.63) is 28.7 Å². The van der Waals surface area contributed by atoms with Gasteiger partial charge < -0.3 is 14.4 Å². The van der Waals surface area contributed by atoms with E-state index in [1.54, 1.807) is 0 Å². The first kappa shape index (κ1) is 15.8. The zero-order chi connectivity index (χ0) is 14.2. The SMILES string of the molecule is C[C@@H]1CCCN(CCOCCOc2ccc(Br)cc2)C1. The minimum absolute atomic E-state index is 0.609. The topological polar surface area (TPSA) is 21.7 Å². The number of rotatable bonds is 7. The molecule has 1 aliphatic heterocycles. The predicted octanol–water partition coefficient (Wildman–Crippen LogP) is 3.58. The van der Waals surface area contributed by atoms with Crippen LogP contribution in [0.15, 0.2) is 28.7 Å². The third kappa shape index (κ3) is 5.81. The zero-order valence-electron chi connectivity index (χ0n) is 12.2. The summed E-state index contributed by atoms with van der Waals surface area (Å²) in [5.41, 5.74) is 0. The number of likely N-dealkylation sites (tertiary alicyclic amines) is 1. The average Bonchev–Trinajstić information content (AvgIpc) is 2.45. The second-order valence-electron chi connectivity index (χ2n) is 5.46. The molecule has 1 aliphatic rings. The molecule has 0 amide bonds. The molecule has 0 radical (unpaired) electrons. The highest BCUT2D eigenvalue weighted by atomic mass is 79.9. The number of hydrogen-bond donors (Lipinski definition) is 0. The standard InChI is InChI=1S/C16H24BrNO2/c1-14-3-2-8-18(13-14)9-10-19-11-12-20-16-6-4-15(17)5-7-16/h4-7,14H,2-3,8-13H2,1H3/t14-/m1/s1. The van der Waals surface area contributed by atoms with E-state index in [-0.39, 0.29) is 0 Å². The lowest BCUT2D eigenvalue weighted by Gasteiger charge is -2.30. The first-order chi connectivity index (χ1) is 9.74. The van der Waals surface area contributed by atoms with E-state index in [1.165, 1.54) is 25.9 Å². The number of hydrogen-bond acceptors (Lipinski definition) is 3. The van der Waals surface area contributed by atoms with Gasteiger partial charge in [-0.2, -0.15) is 0 Å². The van der Waals surface area contributed by atoms with Crippen molar-refractivity contribution in [2.75, 3.05) is 39.5 Å². The third-order valence-corrected chi connectivity index (χ3v) is 4.13. The lowest BCUT2D eigenvalue weighted by atomic mass is 10.0. The van der Waals surface area contributed by atoms with Gasteiger partial charge in [0.25, 0.3) is 0 Å². The van der Waals surface area contributed by atoms with Crippen LogP contribution in [0.3, 0.4) is 0 Å². The molecule has 1 atom stereocenters. The van der Waals surface area contributed by atoms with Crippen LogP contribution >= 0.6 is 15.9 Å². The zero-order valence-corrected chi connectivity index (χ0v) is 13.8. The summed E-state index contributed by atoms with van der Waals surface area (Å²) in [5.74, 6) is 1.73. The summed E-state index contributed by atoms with van der Waals surface area (Å²) >= 11 is 3.40. The van der Waals surface area contributed by atoms with Crippen LogP contribution in [0, 0.1) is 5.92 Å². The molecule has 3 nitrogen and oxygen atoms in total. The second-order valence-corrected chi connectivity index (χ2v) is 6.38. The number of nitrogens with zero attached hydrogens (tertiary/aromatic N) is 1. The van der Waals surface area contributed by atoms with E-state index in [0.29, 0.717) is 13.2 Å². The van der Waals surface area contributed by atoms with Crippen LogP contribution in [0.1, 0.15) is 19.8 Å². The van der Waals surface area contributed by atoms with Gasteiger partial charge in [0.2, 0.25) is 0 Å². The summed E-state index contributed by atoms with van der Waals surface area (Å²) in [5, 5.41) is 0. The van der Waals surface area contributed by atoms with Gasteiger partial charge in [-0.05, 0) is 49.6 Å². The molecular weight excluding hydrogens is 318 g/mol. The highest BCUT2D eigenvalue weighted by Gasteiger charge is 2.15. The Balaban J connectivity index is 1.50. The number of halogens is 1. The van der Waals surface area contributed by atoms with Crippen molar-refractivity contribution in [3.8, 4) is 5.75 Å². The summed E-state index contributed by atoms with van der Waals surface area (Å²) in [6, 6.07) is 7.87. The van der Waals surface area contributed by atoms with Crippen molar-refractivity contribution < 1.29 is 9.47 Å². The Hall–Kier alpha value is -0.580. The Bertz CT molecular complexity index is 383. The van der Waals surface area contributed by atoms with Crippen LogP contribution in [0.25, 0.3) is 0 Å². The Morgan fingerprint density at radius 2 is 2.00 bits per heavy atom. The first-order valence-electron chi connectivity index (χ1n) is 7.42. The summed E-state index contributed by atoms with van der Waals surface area (Å²) in [7, 11) is 0. The summed E-state index contributed by atoms with van der Waals surface area (Å²) in [4.78, 5) is 2.50. The third-order valence-electron chi connectivity index (χ3n) is 3.60. The quantitative estimate of drug-likeness (QED) is 0.707. The van der Waals surface area contributed by atoms with Gasteiger partial charge in [-0.3, -0.25) is 0 Å². The largest absolute Gasteiger partial charge is 0.491 e. The molecule has 0 aliphatic carbocycles. The molecular formula is C16H24BrNO2. The molecule has 0 spiro atoms. The van der Waals surface area contributed by atoms with Crippen LogP contribution in [0.5, 0.6) is 5.75 Å². The molecule has 1 aromatic carbocycles. The van der Waals surface area contributed by atoms with Crippen molar-refractivity contribution in [2.45, 2.75) is 19.8 Å². The molecule has 1 heterocycles. The Morgan fingerprint density at radius 3 is 2.75 bits per heavy atom. The highest BCUT2D eigenvalue weighted by Crippen LogP contribution is 2.16. The van der Waals surface area contributed by atoms with Gasteiger partial charge in [-0.1, -0.05) is 22.9 Å². The summed E-state index contributed by atoms with van der Waals surface area (Å²) in [6.45, 7) is 7.89. The molecule has 2 rings (SSSR count). The molecule has 0 saturated carbocycles. The number of piperidine rings is 1. The molecule has 4 heteroatoms. The number of ether oxygens (including phenoxy) is 2. The minimum Gasteiger partial charge on any atom is -0.491 e. The summed E-state index contributed by atoms with van der Waals surface area (Å²) in [6.07, 6.45) is 2.70. The van der Waals surface area contributed by atoms with E-state index >= 15 is 0 Å². The van der Waals surface area contributed by atoms with Gasteiger partial charge in [-0.25, -0.2) is 0 Å². The molecule has 0 N–H and O–H groups in total. The van der Waals surface area contributed by atoms with Gasteiger partial charge >= 0.3 is 0 Å². The van der Waals surface area contributed by atoms with Crippen molar-refractivity contribution in [2.24, 2.45) is 5.92 Å². The van der Waals surface area contributed by atoms with Crippen LogP contribution in [-0.4, -0.2) is 44.4 Å². The highest BCUT2D eigenvalue weighted by molar-refractivity contribution is 9.10. The molecule has 0 bridgehead atoms. The van der Waals surface area contributed by atoms with Gasteiger partial charge in [0.05, 0.1) is 13.2 Å².